The predicted octanol–water partition coefficient (Wildman–Crippen LogP) is 3.96. The molecule has 3 N–H and O–H groups in total. The lowest BCUT2D eigenvalue weighted by molar-refractivity contribution is -0.147. The highest BCUT2D eigenvalue weighted by Gasteiger charge is 2.44. The standard InChI is InChI=1S/C15H20BrClN2O/c16-13-8-11(17)2-3-12(13)14(19-18)10-4-7-20-15(9-10)5-1-6-15/h2-3,8,10,14,19H,1,4-7,9,18H2. The molecule has 2 atom stereocenters. The zero-order chi connectivity index (χ0) is 14.2. The molecule has 2 fully saturated rings. The minimum atomic E-state index is 0.136. The average Bonchev–Trinajstić information content (AvgIpc) is 2.40. The molecule has 2 unspecified atom stereocenters. The van der Waals surface area contributed by atoms with Gasteiger partial charge in [0.15, 0.2) is 0 Å². The molecule has 1 aliphatic heterocycles. The molecule has 1 aromatic rings. The van der Waals surface area contributed by atoms with Crippen LogP contribution in [0.1, 0.15) is 43.7 Å². The maximum absolute atomic E-state index is 6.03. The van der Waals surface area contributed by atoms with E-state index in [2.05, 4.69) is 27.4 Å². The van der Waals surface area contributed by atoms with Gasteiger partial charge in [0.1, 0.15) is 0 Å². The van der Waals surface area contributed by atoms with E-state index >= 15 is 0 Å². The van der Waals surface area contributed by atoms with Gasteiger partial charge in [0, 0.05) is 16.1 Å². The highest BCUT2D eigenvalue weighted by molar-refractivity contribution is 9.10. The molecule has 1 spiro atoms. The summed E-state index contributed by atoms with van der Waals surface area (Å²) in [6, 6.07) is 6.05. The van der Waals surface area contributed by atoms with Crippen molar-refractivity contribution in [2.24, 2.45) is 11.8 Å². The van der Waals surface area contributed by atoms with Gasteiger partial charge < -0.3 is 4.74 Å². The first-order valence-corrected chi connectivity index (χ1v) is 8.36. The second-order valence-electron chi connectivity index (χ2n) is 5.95. The monoisotopic (exact) mass is 358 g/mol. The number of hydrogen-bond acceptors (Lipinski definition) is 3. The largest absolute Gasteiger partial charge is 0.375 e. The smallest absolute Gasteiger partial charge is 0.0686 e. The minimum absolute atomic E-state index is 0.136. The Morgan fingerprint density at radius 1 is 1.45 bits per heavy atom. The molecule has 1 aromatic carbocycles. The van der Waals surface area contributed by atoms with Crippen LogP contribution in [0.5, 0.6) is 0 Å². The Hall–Kier alpha value is -0.130. The lowest BCUT2D eigenvalue weighted by Crippen LogP contribution is -2.48. The zero-order valence-electron chi connectivity index (χ0n) is 11.4. The van der Waals surface area contributed by atoms with Crippen LogP contribution in [0.15, 0.2) is 22.7 Å². The van der Waals surface area contributed by atoms with Crippen molar-refractivity contribution in [1.29, 1.82) is 0 Å². The van der Waals surface area contributed by atoms with E-state index in [1.165, 1.54) is 24.8 Å². The quantitative estimate of drug-likeness (QED) is 0.634. The van der Waals surface area contributed by atoms with E-state index in [1.807, 2.05) is 12.1 Å². The van der Waals surface area contributed by atoms with Crippen molar-refractivity contribution in [2.75, 3.05) is 6.61 Å². The Bertz CT molecular complexity index is 493. The number of nitrogens with one attached hydrogen (secondary N) is 1. The van der Waals surface area contributed by atoms with Crippen molar-refractivity contribution in [3.8, 4) is 0 Å². The van der Waals surface area contributed by atoms with E-state index in [1.54, 1.807) is 0 Å². The van der Waals surface area contributed by atoms with Gasteiger partial charge in [-0.05, 0) is 55.7 Å². The van der Waals surface area contributed by atoms with Crippen molar-refractivity contribution in [1.82, 2.24) is 5.43 Å². The van der Waals surface area contributed by atoms with Crippen molar-refractivity contribution in [3.05, 3.63) is 33.3 Å². The Kier molecular flexibility index (Phi) is 4.39. The summed E-state index contributed by atoms with van der Waals surface area (Å²) in [5.41, 5.74) is 4.32. The molecule has 20 heavy (non-hydrogen) atoms. The maximum atomic E-state index is 6.03. The number of benzene rings is 1. The van der Waals surface area contributed by atoms with Gasteiger partial charge in [-0.1, -0.05) is 33.6 Å². The van der Waals surface area contributed by atoms with Gasteiger partial charge in [-0.15, -0.1) is 0 Å². The molecule has 1 heterocycles. The van der Waals surface area contributed by atoms with Crippen LogP contribution in [-0.4, -0.2) is 12.2 Å². The molecule has 0 amide bonds. The molecule has 3 rings (SSSR count). The Morgan fingerprint density at radius 2 is 2.25 bits per heavy atom. The van der Waals surface area contributed by atoms with Gasteiger partial charge in [0.25, 0.3) is 0 Å². The predicted molar refractivity (Wildman–Crippen MR) is 84.5 cm³/mol. The van der Waals surface area contributed by atoms with Crippen molar-refractivity contribution < 1.29 is 4.74 Å². The Morgan fingerprint density at radius 3 is 2.85 bits per heavy atom. The molecule has 5 heteroatoms. The fourth-order valence-corrected chi connectivity index (χ4v) is 4.43. The first-order valence-electron chi connectivity index (χ1n) is 7.19. The molecule has 0 aromatic heterocycles. The lowest BCUT2D eigenvalue weighted by atomic mass is 9.70. The van der Waals surface area contributed by atoms with Gasteiger partial charge in [-0.2, -0.15) is 0 Å². The molecule has 2 aliphatic rings. The van der Waals surface area contributed by atoms with E-state index in [4.69, 9.17) is 22.2 Å². The van der Waals surface area contributed by atoms with Crippen LogP contribution in [0.2, 0.25) is 5.02 Å². The van der Waals surface area contributed by atoms with E-state index in [-0.39, 0.29) is 11.6 Å². The molecule has 1 saturated heterocycles. The van der Waals surface area contributed by atoms with E-state index in [9.17, 15) is 0 Å². The number of hydrazine groups is 1. The fourth-order valence-electron chi connectivity index (χ4n) is 3.50. The highest BCUT2D eigenvalue weighted by Crippen LogP contribution is 2.47. The van der Waals surface area contributed by atoms with Gasteiger partial charge in [0.2, 0.25) is 0 Å². The molecular weight excluding hydrogens is 340 g/mol. The molecule has 110 valence electrons. The van der Waals surface area contributed by atoms with Crippen LogP contribution in [0.25, 0.3) is 0 Å². The summed E-state index contributed by atoms with van der Waals surface area (Å²) in [5, 5.41) is 0.735. The Balaban J connectivity index is 1.81. The zero-order valence-corrected chi connectivity index (χ0v) is 13.7. The molecule has 3 nitrogen and oxygen atoms in total. The third-order valence-corrected chi connectivity index (χ3v) is 5.67. The van der Waals surface area contributed by atoms with E-state index in [0.717, 1.165) is 28.9 Å². The second kappa shape index (κ2) is 5.93. The van der Waals surface area contributed by atoms with Crippen molar-refractivity contribution in [3.63, 3.8) is 0 Å². The van der Waals surface area contributed by atoms with Gasteiger partial charge in [-0.3, -0.25) is 11.3 Å². The van der Waals surface area contributed by atoms with Crippen molar-refractivity contribution in [2.45, 2.75) is 43.7 Å². The fraction of sp³-hybridized carbons (Fsp3) is 0.600. The van der Waals surface area contributed by atoms with Gasteiger partial charge in [-0.25, -0.2) is 0 Å². The number of ether oxygens (including phenoxy) is 1. The van der Waals surface area contributed by atoms with Crippen molar-refractivity contribution >= 4 is 27.5 Å². The first kappa shape index (κ1) is 14.8. The number of halogens is 2. The number of hydrogen-bond donors (Lipinski definition) is 2. The van der Waals surface area contributed by atoms with Crippen LogP contribution in [0, 0.1) is 5.92 Å². The summed E-state index contributed by atoms with van der Waals surface area (Å²) < 4.78 is 7.03. The van der Waals surface area contributed by atoms with Gasteiger partial charge >= 0.3 is 0 Å². The summed E-state index contributed by atoms with van der Waals surface area (Å²) in [4.78, 5) is 0. The van der Waals surface area contributed by atoms with E-state index < -0.39 is 0 Å². The number of rotatable bonds is 3. The highest BCUT2D eigenvalue weighted by atomic mass is 79.9. The number of nitrogens with two attached hydrogens (primary N) is 1. The summed E-state index contributed by atoms with van der Waals surface area (Å²) in [7, 11) is 0. The topological polar surface area (TPSA) is 47.3 Å². The SMILES string of the molecule is NNC(c1ccc(Cl)cc1Br)C1CCOC2(CCC2)C1. The summed E-state index contributed by atoms with van der Waals surface area (Å²) in [5.74, 6) is 6.35. The van der Waals surface area contributed by atoms with Crippen LogP contribution in [0.4, 0.5) is 0 Å². The molecule has 1 aliphatic carbocycles. The van der Waals surface area contributed by atoms with Gasteiger partial charge in [0.05, 0.1) is 11.6 Å². The third-order valence-electron chi connectivity index (χ3n) is 4.74. The summed E-state index contributed by atoms with van der Waals surface area (Å²) in [6.07, 6.45) is 5.83. The normalized spacial score (nSPS) is 26.2. The lowest BCUT2D eigenvalue weighted by Gasteiger charge is -2.48. The second-order valence-corrected chi connectivity index (χ2v) is 7.24. The Labute approximate surface area is 133 Å². The van der Waals surface area contributed by atoms with Crippen LogP contribution >= 0.6 is 27.5 Å². The average molecular weight is 360 g/mol. The molecule has 0 radical (unpaired) electrons. The molecule has 0 bridgehead atoms. The third kappa shape index (κ3) is 2.77. The molecular formula is C15H20BrClN2O. The first-order chi connectivity index (χ1) is 9.63. The summed E-state index contributed by atoms with van der Waals surface area (Å²) in [6.45, 7) is 0.841. The van der Waals surface area contributed by atoms with Crippen LogP contribution in [0.3, 0.4) is 0 Å². The van der Waals surface area contributed by atoms with E-state index in [0.29, 0.717) is 5.92 Å². The van der Waals surface area contributed by atoms with Crippen LogP contribution < -0.4 is 11.3 Å². The minimum Gasteiger partial charge on any atom is -0.375 e. The van der Waals surface area contributed by atoms with Crippen LogP contribution in [-0.2, 0) is 4.74 Å². The maximum Gasteiger partial charge on any atom is 0.0686 e. The summed E-state index contributed by atoms with van der Waals surface area (Å²) >= 11 is 9.63. The molecule has 1 saturated carbocycles.